The van der Waals surface area contributed by atoms with Gasteiger partial charge in [0.1, 0.15) is 5.01 Å². The first-order valence-electron chi connectivity index (χ1n) is 7.40. The van der Waals surface area contributed by atoms with Gasteiger partial charge in [0, 0.05) is 34.2 Å². The van der Waals surface area contributed by atoms with Crippen LogP contribution >= 0.6 is 11.3 Å². The van der Waals surface area contributed by atoms with E-state index in [0.717, 1.165) is 30.1 Å². The van der Waals surface area contributed by atoms with Crippen molar-refractivity contribution in [3.63, 3.8) is 0 Å². The maximum atomic E-state index is 6.11. The van der Waals surface area contributed by atoms with Crippen molar-refractivity contribution in [3.05, 3.63) is 52.1 Å². The number of rotatable bonds is 5. The Kier molecular flexibility index (Phi) is 4.08. The van der Waals surface area contributed by atoms with Crippen molar-refractivity contribution in [3.8, 4) is 0 Å². The van der Waals surface area contributed by atoms with E-state index in [-0.39, 0.29) is 6.04 Å². The fraction of sp³-hybridized carbons (Fsp3) is 0.353. The summed E-state index contributed by atoms with van der Waals surface area (Å²) in [6, 6.07) is 8.93. The number of hydrogen-bond donors (Lipinski definition) is 1. The third kappa shape index (κ3) is 3.01. The standard InChI is InChI=1S/C17H21N3S/c1-3-14(18)9-13-5-4-6-16-15(13)7-8-20(16)10-17-19-12(2)11-21-17/h4-8,11,14H,3,9-10,18H2,1-2H3. The number of nitrogens with zero attached hydrogens (tertiary/aromatic N) is 2. The van der Waals surface area contributed by atoms with Gasteiger partial charge in [-0.2, -0.15) is 0 Å². The highest BCUT2D eigenvalue weighted by Gasteiger charge is 2.09. The van der Waals surface area contributed by atoms with E-state index in [2.05, 4.69) is 52.3 Å². The minimum absolute atomic E-state index is 0.237. The van der Waals surface area contributed by atoms with Gasteiger partial charge in [0.15, 0.2) is 0 Å². The Labute approximate surface area is 129 Å². The maximum Gasteiger partial charge on any atom is 0.113 e. The SMILES string of the molecule is CCC(N)Cc1cccc2c1ccn2Cc1nc(C)cs1. The van der Waals surface area contributed by atoms with E-state index in [1.165, 1.54) is 16.5 Å². The molecule has 3 aromatic rings. The molecule has 1 unspecified atom stereocenters. The fourth-order valence-electron chi connectivity index (χ4n) is 2.65. The Morgan fingerprint density at radius 2 is 2.19 bits per heavy atom. The second-order valence-corrected chi connectivity index (χ2v) is 6.49. The fourth-order valence-corrected chi connectivity index (χ4v) is 3.42. The molecule has 4 heteroatoms. The molecule has 2 heterocycles. The lowest BCUT2D eigenvalue weighted by molar-refractivity contribution is 0.649. The number of aromatic nitrogens is 2. The average Bonchev–Trinajstić information content (AvgIpc) is 3.07. The summed E-state index contributed by atoms with van der Waals surface area (Å²) in [6.45, 7) is 5.02. The number of fused-ring (bicyclic) bond motifs is 1. The van der Waals surface area contributed by atoms with Gasteiger partial charge in [-0.3, -0.25) is 0 Å². The van der Waals surface area contributed by atoms with E-state index < -0.39 is 0 Å². The van der Waals surface area contributed by atoms with Gasteiger partial charge in [0.25, 0.3) is 0 Å². The molecule has 21 heavy (non-hydrogen) atoms. The van der Waals surface area contributed by atoms with E-state index in [4.69, 9.17) is 5.73 Å². The minimum Gasteiger partial charge on any atom is -0.341 e. The molecule has 2 aromatic heterocycles. The van der Waals surface area contributed by atoms with Crippen LogP contribution in [0.4, 0.5) is 0 Å². The largest absolute Gasteiger partial charge is 0.341 e. The van der Waals surface area contributed by atoms with E-state index in [1.54, 1.807) is 11.3 Å². The number of nitrogens with two attached hydrogens (primary N) is 1. The van der Waals surface area contributed by atoms with Crippen molar-refractivity contribution < 1.29 is 0 Å². The summed E-state index contributed by atoms with van der Waals surface area (Å²) in [6.07, 6.45) is 4.10. The van der Waals surface area contributed by atoms with Crippen LogP contribution in [0.3, 0.4) is 0 Å². The Bertz CT molecular complexity index is 741. The van der Waals surface area contributed by atoms with E-state index in [0.29, 0.717) is 0 Å². The zero-order valence-corrected chi connectivity index (χ0v) is 13.4. The Balaban J connectivity index is 1.93. The van der Waals surface area contributed by atoms with Crippen LogP contribution in [-0.4, -0.2) is 15.6 Å². The van der Waals surface area contributed by atoms with Crippen molar-refractivity contribution in [2.24, 2.45) is 5.73 Å². The molecule has 1 aromatic carbocycles. The molecule has 0 bridgehead atoms. The molecular weight excluding hydrogens is 278 g/mol. The van der Waals surface area contributed by atoms with Crippen LogP contribution < -0.4 is 5.73 Å². The highest BCUT2D eigenvalue weighted by Crippen LogP contribution is 2.23. The van der Waals surface area contributed by atoms with E-state index in [9.17, 15) is 0 Å². The van der Waals surface area contributed by atoms with Gasteiger partial charge < -0.3 is 10.3 Å². The monoisotopic (exact) mass is 299 g/mol. The smallest absolute Gasteiger partial charge is 0.113 e. The Morgan fingerprint density at radius 1 is 1.33 bits per heavy atom. The average molecular weight is 299 g/mol. The predicted molar refractivity (Wildman–Crippen MR) is 89.9 cm³/mol. The van der Waals surface area contributed by atoms with Crippen molar-refractivity contribution in [2.45, 2.75) is 39.3 Å². The van der Waals surface area contributed by atoms with Crippen molar-refractivity contribution in [1.29, 1.82) is 0 Å². The number of thiazole rings is 1. The molecule has 0 aliphatic rings. The normalized spacial score (nSPS) is 12.9. The minimum atomic E-state index is 0.237. The van der Waals surface area contributed by atoms with Crippen LogP contribution in [0.5, 0.6) is 0 Å². The zero-order chi connectivity index (χ0) is 14.8. The Morgan fingerprint density at radius 3 is 2.90 bits per heavy atom. The first-order chi connectivity index (χ1) is 10.2. The topological polar surface area (TPSA) is 43.8 Å². The molecule has 0 saturated heterocycles. The molecule has 0 amide bonds. The summed E-state index contributed by atoms with van der Waals surface area (Å²) in [4.78, 5) is 4.55. The number of benzene rings is 1. The summed E-state index contributed by atoms with van der Waals surface area (Å²) in [7, 11) is 0. The molecule has 3 rings (SSSR count). The molecule has 0 fully saturated rings. The summed E-state index contributed by atoms with van der Waals surface area (Å²) >= 11 is 1.72. The summed E-state index contributed by atoms with van der Waals surface area (Å²) in [5, 5.41) is 4.57. The van der Waals surface area contributed by atoms with Crippen LogP contribution in [0.15, 0.2) is 35.8 Å². The molecule has 3 nitrogen and oxygen atoms in total. The van der Waals surface area contributed by atoms with Crippen LogP contribution in [0, 0.1) is 6.92 Å². The van der Waals surface area contributed by atoms with Gasteiger partial charge in [0.05, 0.1) is 6.54 Å². The third-order valence-corrected chi connectivity index (χ3v) is 4.83. The maximum absolute atomic E-state index is 6.11. The van der Waals surface area contributed by atoms with Gasteiger partial charge in [-0.15, -0.1) is 11.3 Å². The Hall–Kier alpha value is -1.65. The molecule has 0 radical (unpaired) electrons. The van der Waals surface area contributed by atoms with Crippen molar-refractivity contribution >= 4 is 22.2 Å². The van der Waals surface area contributed by atoms with Crippen molar-refractivity contribution in [2.75, 3.05) is 0 Å². The first kappa shape index (κ1) is 14.3. The zero-order valence-electron chi connectivity index (χ0n) is 12.5. The summed E-state index contributed by atoms with van der Waals surface area (Å²) in [5.41, 5.74) is 9.82. The molecule has 0 aliphatic carbocycles. The predicted octanol–water partition coefficient (Wildman–Crippen LogP) is 3.73. The molecular formula is C17H21N3S. The summed E-state index contributed by atoms with van der Waals surface area (Å²) in [5.74, 6) is 0. The lowest BCUT2D eigenvalue weighted by Crippen LogP contribution is -2.21. The van der Waals surface area contributed by atoms with Crippen LogP contribution in [-0.2, 0) is 13.0 Å². The molecule has 0 saturated carbocycles. The molecule has 1 atom stereocenters. The molecule has 2 N–H and O–H groups in total. The van der Waals surface area contributed by atoms with Gasteiger partial charge in [-0.25, -0.2) is 4.98 Å². The van der Waals surface area contributed by atoms with Crippen LogP contribution in [0.1, 0.15) is 29.6 Å². The second kappa shape index (κ2) is 6.00. The summed E-state index contributed by atoms with van der Waals surface area (Å²) < 4.78 is 2.27. The van der Waals surface area contributed by atoms with Gasteiger partial charge in [-0.05, 0) is 37.5 Å². The molecule has 110 valence electrons. The van der Waals surface area contributed by atoms with Crippen LogP contribution in [0.2, 0.25) is 0 Å². The quantitative estimate of drug-likeness (QED) is 0.780. The highest BCUT2D eigenvalue weighted by atomic mass is 32.1. The van der Waals surface area contributed by atoms with Gasteiger partial charge >= 0.3 is 0 Å². The molecule has 0 aliphatic heterocycles. The van der Waals surface area contributed by atoms with Gasteiger partial charge in [0.2, 0.25) is 0 Å². The lowest BCUT2D eigenvalue weighted by Gasteiger charge is -2.10. The lowest BCUT2D eigenvalue weighted by atomic mass is 10.0. The third-order valence-electron chi connectivity index (χ3n) is 3.88. The van der Waals surface area contributed by atoms with Crippen molar-refractivity contribution in [1.82, 2.24) is 9.55 Å². The number of hydrogen-bond acceptors (Lipinski definition) is 3. The van der Waals surface area contributed by atoms with Crippen LogP contribution in [0.25, 0.3) is 10.9 Å². The first-order valence-corrected chi connectivity index (χ1v) is 8.28. The van der Waals surface area contributed by atoms with E-state index >= 15 is 0 Å². The highest BCUT2D eigenvalue weighted by molar-refractivity contribution is 7.09. The second-order valence-electron chi connectivity index (χ2n) is 5.55. The number of aryl methyl sites for hydroxylation is 1. The molecule has 0 spiro atoms. The van der Waals surface area contributed by atoms with E-state index in [1.807, 2.05) is 6.92 Å². The van der Waals surface area contributed by atoms with Gasteiger partial charge in [-0.1, -0.05) is 19.1 Å².